The van der Waals surface area contributed by atoms with Crippen LogP contribution in [0.2, 0.25) is 0 Å². The van der Waals surface area contributed by atoms with Crippen molar-refractivity contribution in [1.82, 2.24) is 0 Å². The second kappa shape index (κ2) is 7.62. The largest absolute Gasteiger partial charge is 0.466 e. The average molecular weight is 290 g/mol. The van der Waals surface area contributed by atoms with Gasteiger partial charge in [-0.1, -0.05) is 24.3 Å². The Kier molecular flexibility index (Phi) is 6.15. The Bertz CT molecular complexity index is 524. The van der Waals surface area contributed by atoms with Crippen LogP contribution in [0.3, 0.4) is 0 Å². The molecule has 0 amide bonds. The van der Waals surface area contributed by atoms with Crippen LogP contribution >= 0.6 is 0 Å². The summed E-state index contributed by atoms with van der Waals surface area (Å²) < 4.78 is 10.1. The first-order chi connectivity index (χ1) is 9.81. The average Bonchev–Trinajstić information content (AvgIpc) is 2.36. The SMILES string of the molecule is CCOC(=O)Cc1ccccc1/C=C/C(=O)OC(C)(C)C. The zero-order valence-electron chi connectivity index (χ0n) is 13.0. The summed E-state index contributed by atoms with van der Waals surface area (Å²) in [6, 6.07) is 7.38. The van der Waals surface area contributed by atoms with Crippen LogP contribution < -0.4 is 0 Å². The summed E-state index contributed by atoms with van der Waals surface area (Å²) in [5.74, 6) is -0.691. The number of carbonyl (C=O) groups excluding carboxylic acids is 2. The number of ether oxygens (including phenoxy) is 2. The molecule has 0 unspecified atom stereocenters. The monoisotopic (exact) mass is 290 g/mol. The summed E-state index contributed by atoms with van der Waals surface area (Å²) in [5, 5.41) is 0. The lowest BCUT2D eigenvalue weighted by molar-refractivity contribution is -0.148. The highest BCUT2D eigenvalue weighted by Gasteiger charge is 2.14. The Balaban J connectivity index is 2.79. The maximum absolute atomic E-state index is 11.7. The van der Waals surface area contributed by atoms with Gasteiger partial charge in [0, 0.05) is 6.08 Å². The highest BCUT2D eigenvalue weighted by Crippen LogP contribution is 2.13. The Hall–Kier alpha value is -2.10. The lowest BCUT2D eigenvalue weighted by atomic mass is 10.0. The van der Waals surface area contributed by atoms with Crippen LogP contribution in [0, 0.1) is 0 Å². The van der Waals surface area contributed by atoms with Gasteiger partial charge in [0.2, 0.25) is 0 Å². The minimum absolute atomic E-state index is 0.183. The summed E-state index contributed by atoms with van der Waals surface area (Å²) in [7, 11) is 0. The van der Waals surface area contributed by atoms with Gasteiger partial charge in [-0.25, -0.2) is 4.79 Å². The number of esters is 2. The fourth-order valence-corrected chi connectivity index (χ4v) is 1.72. The first-order valence-corrected chi connectivity index (χ1v) is 6.96. The van der Waals surface area contributed by atoms with E-state index in [0.29, 0.717) is 6.61 Å². The van der Waals surface area contributed by atoms with Crippen LogP contribution in [-0.4, -0.2) is 24.1 Å². The molecule has 0 bridgehead atoms. The zero-order chi connectivity index (χ0) is 15.9. The molecule has 0 saturated carbocycles. The second-order valence-electron chi connectivity index (χ2n) is 5.55. The Morgan fingerprint density at radius 2 is 1.86 bits per heavy atom. The molecule has 0 fully saturated rings. The quantitative estimate of drug-likeness (QED) is 0.617. The highest BCUT2D eigenvalue weighted by atomic mass is 16.6. The van der Waals surface area contributed by atoms with Gasteiger partial charge in [-0.2, -0.15) is 0 Å². The molecule has 1 aromatic carbocycles. The van der Waals surface area contributed by atoms with Gasteiger partial charge in [-0.05, 0) is 44.9 Å². The lowest BCUT2D eigenvalue weighted by Crippen LogP contribution is -2.22. The van der Waals surface area contributed by atoms with Gasteiger partial charge in [0.05, 0.1) is 13.0 Å². The van der Waals surface area contributed by atoms with Crippen molar-refractivity contribution in [2.75, 3.05) is 6.61 Å². The molecule has 4 heteroatoms. The fraction of sp³-hybridized carbons (Fsp3) is 0.412. The third kappa shape index (κ3) is 6.75. The van der Waals surface area contributed by atoms with Crippen LogP contribution in [-0.2, 0) is 25.5 Å². The number of benzene rings is 1. The molecule has 0 aliphatic heterocycles. The highest BCUT2D eigenvalue weighted by molar-refractivity contribution is 5.88. The molecule has 1 rings (SSSR count). The fourth-order valence-electron chi connectivity index (χ4n) is 1.72. The smallest absolute Gasteiger partial charge is 0.331 e. The molecule has 0 heterocycles. The van der Waals surface area contributed by atoms with E-state index in [9.17, 15) is 9.59 Å². The van der Waals surface area contributed by atoms with Gasteiger partial charge in [0.15, 0.2) is 0 Å². The van der Waals surface area contributed by atoms with Crippen molar-refractivity contribution in [1.29, 1.82) is 0 Å². The first-order valence-electron chi connectivity index (χ1n) is 6.96. The van der Waals surface area contributed by atoms with Crippen LogP contribution in [0.5, 0.6) is 0 Å². The Morgan fingerprint density at radius 1 is 1.19 bits per heavy atom. The number of hydrogen-bond acceptors (Lipinski definition) is 4. The molecule has 0 aliphatic carbocycles. The standard InChI is InChI=1S/C17H22O4/c1-5-20-16(19)12-14-9-7-6-8-13(14)10-11-15(18)21-17(2,3)4/h6-11H,5,12H2,1-4H3/b11-10+. The molecule has 4 nitrogen and oxygen atoms in total. The van der Waals surface area contributed by atoms with Gasteiger partial charge in [0.25, 0.3) is 0 Å². The molecule has 0 aromatic heterocycles. The number of rotatable bonds is 5. The Morgan fingerprint density at radius 3 is 2.48 bits per heavy atom. The van der Waals surface area contributed by atoms with Gasteiger partial charge in [-0.3, -0.25) is 4.79 Å². The number of hydrogen-bond donors (Lipinski definition) is 0. The number of carbonyl (C=O) groups is 2. The van der Waals surface area contributed by atoms with Crippen molar-refractivity contribution >= 4 is 18.0 Å². The third-order valence-corrected chi connectivity index (χ3v) is 2.50. The van der Waals surface area contributed by atoms with Crippen molar-refractivity contribution < 1.29 is 19.1 Å². The van der Waals surface area contributed by atoms with Crippen molar-refractivity contribution in [3.8, 4) is 0 Å². The molecular weight excluding hydrogens is 268 g/mol. The summed E-state index contributed by atoms with van der Waals surface area (Å²) in [6.45, 7) is 7.56. The maximum Gasteiger partial charge on any atom is 0.331 e. The normalized spacial score (nSPS) is 11.4. The van der Waals surface area contributed by atoms with E-state index in [4.69, 9.17) is 9.47 Å². The molecule has 21 heavy (non-hydrogen) atoms. The van der Waals surface area contributed by atoms with E-state index in [1.807, 2.05) is 45.0 Å². The minimum Gasteiger partial charge on any atom is -0.466 e. The molecule has 114 valence electrons. The maximum atomic E-state index is 11.7. The molecule has 0 aliphatic rings. The molecule has 0 radical (unpaired) electrons. The predicted molar refractivity (Wildman–Crippen MR) is 81.7 cm³/mol. The molecular formula is C17H22O4. The van der Waals surface area contributed by atoms with Crippen LogP contribution in [0.4, 0.5) is 0 Å². The Labute approximate surface area is 125 Å². The van der Waals surface area contributed by atoms with Crippen LogP contribution in [0.15, 0.2) is 30.3 Å². The summed E-state index contributed by atoms with van der Waals surface area (Å²) in [6.07, 6.45) is 3.21. The molecule has 0 atom stereocenters. The van der Waals surface area contributed by atoms with Crippen molar-refractivity contribution in [3.63, 3.8) is 0 Å². The van der Waals surface area contributed by atoms with Crippen molar-refractivity contribution in [3.05, 3.63) is 41.5 Å². The van der Waals surface area contributed by atoms with E-state index in [0.717, 1.165) is 11.1 Å². The third-order valence-electron chi connectivity index (χ3n) is 2.50. The molecule has 1 aromatic rings. The molecule has 0 spiro atoms. The van der Waals surface area contributed by atoms with E-state index in [1.54, 1.807) is 13.0 Å². The van der Waals surface area contributed by atoms with E-state index in [2.05, 4.69) is 0 Å². The predicted octanol–water partition coefficient (Wildman–Crippen LogP) is 3.15. The van der Waals surface area contributed by atoms with Gasteiger partial charge in [-0.15, -0.1) is 0 Å². The summed E-state index contributed by atoms with van der Waals surface area (Å²) in [4.78, 5) is 23.2. The summed E-state index contributed by atoms with van der Waals surface area (Å²) in [5.41, 5.74) is 1.10. The van der Waals surface area contributed by atoms with Gasteiger partial charge < -0.3 is 9.47 Å². The van der Waals surface area contributed by atoms with Crippen LogP contribution in [0.25, 0.3) is 6.08 Å². The second-order valence-corrected chi connectivity index (χ2v) is 5.55. The van der Waals surface area contributed by atoms with E-state index in [-0.39, 0.29) is 12.4 Å². The lowest BCUT2D eigenvalue weighted by Gasteiger charge is -2.17. The van der Waals surface area contributed by atoms with E-state index < -0.39 is 11.6 Å². The topological polar surface area (TPSA) is 52.6 Å². The summed E-state index contributed by atoms with van der Waals surface area (Å²) >= 11 is 0. The van der Waals surface area contributed by atoms with E-state index >= 15 is 0 Å². The molecule has 0 saturated heterocycles. The first kappa shape index (κ1) is 17.0. The zero-order valence-corrected chi connectivity index (χ0v) is 13.0. The van der Waals surface area contributed by atoms with Gasteiger partial charge in [0.1, 0.15) is 5.60 Å². The van der Waals surface area contributed by atoms with Crippen molar-refractivity contribution in [2.24, 2.45) is 0 Å². The molecule has 0 N–H and O–H groups in total. The minimum atomic E-state index is -0.522. The van der Waals surface area contributed by atoms with Crippen LogP contribution in [0.1, 0.15) is 38.8 Å². The van der Waals surface area contributed by atoms with E-state index in [1.165, 1.54) is 6.08 Å². The van der Waals surface area contributed by atoms with Gasteiger partial charge >= 0.3 is 11.9 Å². The van der Waals surface area contributed by atoms with Crippen molar-refractivity contribution in [2.45, 2.75) is 39.7 Å².